The van der Waals surface area contributed by atoms with Crippen LogP contribution in [0.1, 0.15) is 18.4 Å². The Morgan fingerprint density at radius 1 is 1.19 bits per heavy atom. The fourth-order valence-corrected chi connectivity index (χ4v) is 4.29. The number of aromatic nitrogens is 1. The summed E-state index contributed by atoms with van der Waals surface area (Å²) in [5.41, 5.74) is 8.87. The third-order valence-electron chi connectivity index (χ3n) is 4.66. The first kappa shape index (κ1) is 17.0. The second-order valence-electron chi connectivity index (χ2n) is 6.66. The van der Waals surface area contributed by atoms with Gasteiger partial charge in [0.05, 0.1) is 16.3 Å². The van der Waals surface area contributed by atoms with Gasteiger partial charge in [0.1, 0.15) is 0 Å². The van der Waals surface area contributed by atoms with Gasteiger partial charge < -0.3 is 16.0 Å². The van der Waals surface area contributed by atoms with Crippen molar-refractivity contribution in [2.45, 2.75) is 25.3 Å². The molecule has 1 aromatic heterocycles. The molecule has 1 fully saturated rings. The predicted molar refractivity (Wildman–Crippen MR) is 108 cm³/mol. The molecule has 1 unspecified atom stereocenters. The molecule has 1 amide bonds. The summed E-state index contributed by atoms with van der Waals surface area (Å²) >= 11 is 1.68. The van der Waals surface area contributed by atoms with Crippen molar-refractivity contribution in [3.8, 4) is 0 Å². The molecule has 134 valence electrons. The molecule has 26 heavy (non-hydrogen) atoms. The molecule has 2 heterocycles. The van der Waals surface area contributed by atoms with Gasteiger partial charge in [-0.3, -0.25) is 4.79 Å². The molecule has 0 bridgehead atoms. The minimum Gasteiger partial charge on any atom is -0.348 e. The molecule has 4 rings (SSSR count). The summed E-state index contributed by atoms with van der Waals surface area (Å²) in [5, 5.41) is 4.01. The zero-order chi connectivity index (χ0) is 17.9. The largest absolute Gasteiger partial charge is 0.348 e. The number of nitrogens with one attached hydrogen (secondary N) is 1. The van der Waals surface area contributed by atoms with Crippen molar-refractivity contribution in [1.82, 2.24) is 4.98 Å². The summed E-state index contributed by atoms with van der Waals surface area (Å²) in [5.74, 6) is -0.169. The molecule has 2 aromatic carbocycles. The van der Waals surface area contributed by atoms with Crippen molar-refractivity contribution >= 4 is 38.3 Å². The zero-order valence-corrected chi connectivity index (χ0v) is 15.3. The highest BCUT2D eigenvalue weighted by Gasteiger charge is 2.17. The van der Waals surface area contributed by atoms with Crippen LogP contribution in [0.2, 0.25) is 0 Å². The Morgan fingerprint density at radius 2 is 1.96 bits per heavy atom. The van der Waals surface area contributed by atoms with Crippen LogP contribution in [0.15, 0.2) is 48.5 Å². The van der Waals surface area contributed by atoms with Crippen molar-refractivity contribution in [2.75, 3.05) is 23.3 Å². The Hall–Kier alpha value is -2.44. The van der Waals surface area contributed by atoms with Gasteiger partial charge in [-0.2, -0.15) is 0 Å². The number of fused-ring (bicyclic) bond motifs is 1. The van der Waals surface area contributed by atoms with Gasteiger partial charge in [0.2, 0.25) is 5.91 Å². The summed E-state index contributed by atoms with van der Waals surface area (Å²) in [6, 6.07) is 15.1. The van der Waals surface area contributed by atoms with E-state index in [9.17, 15) is 4.79 Å². The summed E-state index contributed by atoms with van der Waals surface area (Å²) in [7, 11) is 0. The van der Waals surface area contributed by atoms with Gasteiger partial charge >= 0.3 is 0 Å². The van der Waals surface area contributed by atoms with E-state index in [2.05, 4.69) is 10.2 Å². The Bertz CT molecular complexity index is 903. The normalized spacial score (nSPS) is 15.3. The molecule has 0 aliphatic carbocycles. The number of amides is 1. The van der Waals surface area contributed by atoms with Crippen LogP contribution >= 0.6 is 11.3 Å². The van der Waals surface area contributed by atoms with Crippen LogP contribution < -0.4 is 16.0 Å². The molecule has 0 spiro atoms. The van der Waals surface area contributed by atoms with Crippen LogP contribution in [-0.2, 0) is 11.2 Å². The highest BCUT2D eigenvalue weighted by atomic mass is 32.1. The number of carbonyl (C=O) groups excluding carboxylic acids is 1. The van der Waals surface area contributed by atoms with Crippen LogP contribution in [-0.4, -0.2) is 30.0 Å². The van der Waals surface area contributed by atoms with E-state index >= 15 is 0 Å². The van der Waals surface area contributed by atoms with Crippen LogP contribution in [0.3, 0.4) is 0 Å². The van der Waals surface area contributed by atoms with Crippen molar-refractivity contribution in [1.29, 1.82) is 0 Å². The number of nitrogens with zero attached hydrogens (tertiary/aromatic N) is 2. The highest BCUT2D eigenvalue weighted by molar-refractivity contribution is 7.22. The van der Waals surface area contributed by atoms with Gasteiger partial charge in [-0.15, -0.1) is 0 Å². The average Bonchev–Trinajstić information content (AvgIpc) is 3.31. The van der Waals surface area contributed by atoms with Gasteiger partial charge in [-0.1, -0.05) is 41.7 Å². The fourth-order valence-electron chi connectivity index (χ4n) is 3.23. The highest BCUT2D eigenvalue weighted by Crippen LogP contribution is 2.32. The minimum absolute atomic E-state index is 0.169. The van der Waals surface area contributed by atoms with Crippen LogP contribution in [0, 0.1) is 0 Å². The molecular formula is C20H22N4OS. The summed E-state index contributed by atoms with van der Waals surface area (Å²) in [6.45, 7) is 2.16. The van der Waals surface area contributed by atoms with Gasteiger partial charge in [0.25, 0.3) is 0 Å². The molecule has 1 atom stereocenters. The number of hydrogen-bond acceptors (Lipinski definition) is 5. The third kappa shape index (κ3) is 3.71. The van der Waals surface area contributed by atoms with Gasteiger partial charge in [0.15, 0.2) is 5.13 Å². The van der Waals surface area contributed by atoms with Crippen LogP contribution in [0.4, 0.5) is 10.8 Å². The van der Waals surface area contributed by atoms with E-state index in [1.807, 2.05) is 48.5 Å². The Labute approximate surface area is 156 Å². The van der Waals surface area contributed by atoms with Crippen molar-refractivity contribution in [2.24, 2.45) is 5.73 Å². The smallest absolute Gasteiger partial charge is 0.241 e. The molecule has 5 nitrogen and oxygen atoms in total. The molecule has 3 aromatic rings. The van der Waals surface area contributed by atoms with E-state index in [1.54, 1.807) is 11.3 Å². The fraction of sp³-hybridized carbons (Fsp3) is 0.300. The molecule has 1 saturated heterocycles. The minimum atomic E-state index is -0.574. The topological polar surface area (TPSA) is 71.2 Å². The molecule has 3 N–H and O–H groups in total. The van der Waals surface area contributed by atoms with Crippen LogP contribution in [0.5, 0.6) is 0 Å². The maximum absolute atomic E-state index is 12.4. The first-order valence-corrected chi connectivity index (χ1v) is 9.76. The first-order valence-electron chi connectivity index (χ1n) is 8.95. The zero-order valence-electron chi connectivity index (χ0n) is 14.5. The monoisotopic (exact) mass is 366 g/mol. The van der Waals surface area contributed by atoms with Gasteiger partial charge in [0, 0.05) is 18.8 Å². The quantitative estimate of drug-likeness (QED) is 0.726. The van der Waals surface area contributed by atoms with Crippen LogP contribution in [0.25, 0.3) is 10.2 Å². The second kappa shape index (κ2) is 7.43. The number of thiazole rings is 1. The van der Waals surface area contributed by atoms with E-state index in [0.717, 1.165) is 39.7 Å². The molecule has 0 radical (unpaired) electrons. The third-order valence-corrected chi connectivity index (χ3v) is 5.74. The summed E-state index contributed by atoms with van der Waals surface area (Å²) in [6.07, 6.45) is 2.99. The molecule has 0 saturated carbocycles. The lowest BCUT2D eigenvalue weighted by atomic mass is 10.1. The number of anilines is 2. The lowest BCUT2D eigenvalue weighted by Crippen LogP contribution is -2.37. The van der Waals surface area contributed by atoms with E-state index in [0.29, 0.717) is 6.42 Å². The SMILES string of the molecule is NC(Cc1ccccc1)C(=O)Nc1ccc2nc(N3CCCC3)sc2c1. The Morgan fingerprint density at radius 3 is 2.73 bits per heavy atom. The number of benzene rings is 2. The first-order chi connectivity index (χ1) is 12.7. The standard InChI is InChI=1S/C20H22N4OS/c21-16(12-14-6-2-1-3-7-14)19(25)22-15-8-9-17-18(13-15)26-20(23-17)24-10-4-5-11-24/h1-3,6-9,13,16H,4-5,10-12,21H2,(H,22,25). The lowest BCUT2D eigenvalue weighted by Gasteiger charge is -2.12. The van der Waals surface area contributed by atoms with Crippen molar-refractivity contribution in [3.63, 3.8) is 0 Å². The molecule has 6 heteroatoms. The van der Waals surface area contributed by atoms with E-state index in [4.69, 9.17) is 10.7 Å². The maximum Gasteiger partial charge on any atom is 0.241 e. The average molecular weight is 366 g/mol. The molecular weight excluding hydrogens is 344 g/mol. The predicted octanol–water partition coefficient (Wildman–Crippen LogP) is 3.41. The molecule has 1 aliphatic rings. The number of hydrogen-bond donors (Lipinski definition) is 2. The summed E-state index contributed by atoms with van der Waals surface area (Å²) in [4.78, 5) is 19.5. The van der Waals surface area contributed by atoms with Gasteiger partial charge in [-0.25, -0.2) is 4.98 Å². The van der Waals surface area contributed by atoms with E-state index in [1.165, 1.54) is 12.8 Å². The number of carbonyl (C=O) groups is 1. The molecule has 1 aliphatic heterocycles. The Balaban J connectivity index is 1.45. The van der Waals surface area contributed by atoms with Gasteiger partial charge in [-0.05, 0) is 43.0 Å². The second-order valence-corrected chi connectivity index (χ2v) is 7.67. The Kier molecular flexibility index (Phi) is 4.86. The maximum atomic E-state index is 12.4. The number of rotatable bonds is 5. The summed E-state index contributed by atoms with van der Waals surface area (Å²) < 4.78 is 1.08. The van der Waals surface area contributed by atoms with Crippen molar-refractivity contribution < 1.29 is 4.79 Å². The van der Waals surface area contributed by atoms with E-state index in [-0.39, 0.29) is 5.91 Å². The number of nitrogens with two attached hydrogens (primary N) is 1. The van der Waals surface area contributed by atoms with E-state index < -0.39 is 6.04 Å². The van der Waals surface area contributed by atoms with Crippen molar-refractivity contribution in [3.05, 3.63) is 54.1 Å². The lowest BCUT2D eigenvalue weighted by molar-refractivity contribution is -0.117.